The van der Waals surface area contributed by atoms with Crippen LogP contribution >= 0.6 is 11.6 Å². The topological polar surface area (TPSA) is 122 Å². The number of benzene rings is 3. The molecule has 0 fully saturated rings. The predicted octanol–water partition coefficient (Wildman–Crippen LogP) is 7.90. The minimum Gasteiger partial charge on any atom is -0.478 e. The first-order valence-corrected chi connectivity index (χ1v) is 16.5. The van der Waals surface area contributed by atoms with Crippen molar-refractivity contribution in [2.75, 3.05) is 57.3 Å². The molecule has 0 aromatic heterocycles. The zero-order chi connectivity index (χ0) is 37.0. The number of amides is 1. The lowest BCUT2D eigenvalue weighted by atomic mass is 9.89. The van der Waals surface area contributed by atoms with Gasteiger partial charge in [-0.15, -0.1) is 11.6 Å². The zero-order valence-corrected chi connectivity index (χ0v) is 28.0. The van der Waals surface area contributed by atoms with Crippen molar-refractivity contribution in [3.05, 3.63) is 71.1 Å². The van der Waals surface area contributed by atoms with Crippen LogP contribution < -0.4 is 16.0 Å². The van der Waals surface area contributed by atoms with Crippen LogP contribution in [0.25, 0.3) is 33.4 Å². The third-order valence-corrected chi connectivity index (χ3v) is 7.76. The molecule has 0 bridgehead atoms. The number of carbonyl (C=O) groups excluding carboxylic acids is 1. The van der Waals surface area contributed by atoms with E-state index in [1.54, 1.807) is 0 Å². The number of nitrogens with zero attached hydrogens (tertiary/aromatic N) is 1. The van der Waals surface area contributed by atoms with E-state index in [0.29, 0.717) is 25.7 Å². The van der Waals surface area contributed by atoms with E-state index >= 15 is 0 Å². The maximum Gasteiger partial charge on any atom is 0.407 e. The number of fused-ring (bicyclic) bond motifs is 2. The summed E-state index contributed by atoms with van der Waals surface area (Å²) in [5, 5.41) is 15.2. The minimum atomic E-state index is -4.58. The van der Waals surface area contributed by atoms with Crippen molar-refractivity contribution in [2.24, 2.45) is 4.99 Å². The van der Waals surface area contributed by atoms with E-state index in [9.17, 15) is 41.0 Å². The van der Waals surface area contributed by atoms with Gasteiger partial charge in [-0.3, -0.25) is 9.79 Å². The lowest BCUT2D eigenvalue weighted by molar-refractivity contribution is -0.118. The summed E-state index contributed by atoms with van der Waals surface area (Å²) < 4.78 is 94.3. The molecule has 0 unspecified atom stereocenters. The molecule has 1 amide bonds. The highest BCUT2D eigenvalue weighted by Crippen LogP contribution is 2.42. The van der Waals surface area contributed by atoms with Crippen LogP contribution in [0.15, 0.2) is 64.0 Å². The van der Waals surface area contributed by atoms with Crippen LogP contribution in [0, 0.1) is 0 Å². The van der Waals surface area contributed by atoms with Crippen LogP contribution in [-0.2, 0) is 9.47 Å². The fraction of sp³-hybridized carbons (Fsp3) is 0.400. The number of anilines is 1. The van der Waals surface area contributed by atoms with Crippen molar-refractivity contribution in [1.82, 2.24) is 5.32 Å². The average Bonchev–Trinajstić information content (AvgIpc) is 3.08. The number of alkyl halides is 7. The lowest BCUT2D eigenvalue weighted by Gasteiger charge is -2.18. The summed E-state index contributed by atoms with van der Waals surface area (Å²) in [5.74, 6) is -1.25. The fourth-order valence-electron chi connectivity index (χ4n) is 5.15. The van der Waals surface area contributed by atoms with E-state index in [-0.39, 0.29) is 68.7 Å². The van der Waals surface area contributed by atoms with Gasteiger partial charge in [-0.05, 0) is 60.9 Å². The number of halogens is 7. The van der Waals surface area contributed by atoms with Gasteiger partial charge in [0.15, 0.2) is 0 Å². The van der Waals surface area contributed by atoms with Gasteiger partial charge in [0.1, 0.15) is 24.4 Å². The van der Waals surface area contributed by atoms with E-state index in [1.807, 2.05) is 0 Å². The largest absolute Gasteiger partial charge is 0.478 e. The Labute approximate surface area is 293 Å². The van der Waals surface area contributed by atoms with Crippen LogP contribution in [-0.4, -0.2) is 81.3 Å². The van der Waals surface area contributed by atoms with E-state index in [0.717, 1.165) is 25.7 Å². The van der Waals surface area contributed by atoms with Gasteiger partial charge < -0.3 is 29.6 Å². The smallest absolute Gasteiger partial charge is 0.407 e. The Morgan fingerprint density at radius 1 is 0.824 bits per heavy atom. The maximum absolute atomic E-state index is 13.1. The van der Waals surface area contributed by atoms with Gasteiger partial charge in [-0.2, -0.15) is 26.3 Å². The molecule has 9 nitrogen and oxygen atoms in total. The number of rotatable bonds is 18. The summed E-state index contributed by atoms with van der Waals surface area (Å²) in [5.41, 5.74) is 0.443. The molecule has 2 aliphatic rings. The molecule has 2 aromatic rings. The van der Waals surface area contributed by atoms with Crippen molar-refractivity contribution < 1.29 is 54.9 Å². The van der Waals surface area contributed by atoms with E-state index in [2.05, 4.69) is 15.6 Å². The Kier molecular flexibility index (Phi) is 14.1. The van der Waals surface area contributed by atoms with Crippen LogP contribution in [0.5, 0.6) is 0 Å². The van der Waals surface area contributed by atoms with E-state index < -0.39 is 37.3 Å². The summed E-state index contributed by atoms with van der Waals surface area (Å²) in [6.45, 7) is -1.16. The molecule has 1 aliphatic carbocycles. The standard InChI is InChI=1S/C35H36ClF6N3O6/c36-11-3-1-2-4-13-49-15-16-50-14-12-43-32(46)22-5-8-25(33(47)48)28(17-22)31-26-9-6-23(44-20-34(37,38)39)18-29(26)51-30-19-24(7-10-27(30)31)45-21-35(40,41)42/h5-10,17-19,44H,1-4,11-16,20-21H2,(H,43,46)(H,47,48)/b45-24+. The van der Waals surface area contributed by atoms with Crippen molar-refractivity contribution in [2.45, 2.75) is 38.0 Å². The molecule has 16 heteroatoms. The second kappa shape index (κ2) is 18.2. The molecule has 0 saturated carbocycles. The van der Waals surface area contributed by atoms with Gasteiger partial charge in [-0.25, -0.2) is 4.79 Å². The molecule has 3 N–H and O–H groups in total. The third kappa shape index (κ3) is 12.1. The number of carboxylic acids is 1. The quantitative estimate of drug-likeness (QED) is 0.0410. The molecule has 0 spiro atoms. The Morgan fingerprint density at radius 2 is 1.57 bits per heavy atom. The predicted molar refractivity (Wildman–Crippen MR) is 179 cm³/mol. The van der Waals surface area contributed by atoms with Crippen molar-refractivity contribution in [3.8, 4) is 22.5 Å². The fourth-order valence-corrected chi connectivity index (χ4v) is 5.34. The van der Waals surface area contributed by atoms with Gasteiger partial charge >= 0.3 is 18.3 Å². The molecule has 0 radical (unpaired) electrons. The van der Waals surface area contributed by atoms with Gasteiger partial charge in [0.2, 0.25) is 0 Å². The first-order chi connectivity index (χ1) is 24.3. The molecule has 0 atom stereocenters. The normalized spacial score (nSPS) is 12.5. The van der Waals surface area contributed by atoms with Gasteiger partial charge in [-0.1, -0.05) is 12.8 Å². The molecule has 276 valence electrons. The van der Waals surface area contributed by atoms with Gasteiger partial charge in [0, 0.05) is 58.9 Å². The highest BCUT2D eigenvalue weighted by molar-refractivity contribution is 6.17. The molecule has 51 heavy (non-hydrogen) atoms. The first kappa shape index (κ1) is 39.4. The van der Waals surface area contributed by atoms with Crippen LogP contribution in [0.2, 0.25) is 0 Å². The molecular formula is C35H36ClF6N3O6. The highest BCUT2D eigenvalue weighted by atomic mass is 35.5. The Morgan fingerprint density at radius 3 is 2.27 bits per heavy atom. The average molecular weight is 744 g/mol. The number of carbonyl (C=O) groups is 2. The van der Waals surface area contributed by atoms with Gasteiger partial charge in [0.05, 0.1) is 30.7 Å². The summed E-state index contributed by atoms with van der Waals surface area (Å²) >= 11 is 5.66. The van der Waals surface area contributed by atoms with Crippen LogP contribution in [0.1, 0.15) is 46.4 Å². The number of nitrogens with one attached hydrogen (secondary N) is 2. The Hall–Kier alpha value is -4.34. The summed E-state index contributed by atoms with van der Waals surface area (Å²) in [6, 6.07) is 11.9. The summed E-state index contributed by atoms with van der Waals surface area (Å²) in [7, 11) is 0. The Bertz CT molecular complexity index is 1830. The van der Waals surface area contributed by atoms with E-state index in [4.69, 9.17) is 25.5 Å². The number of hydrogen-bond donors (Lipinski definition) is 3. The van der Waals surface area contributed by atoms with Crippen LogP contribution in [0.3, 0.4) is 0 Å². The molecule has 0 saturated heterocycles. The third-order valence-electron chi connectivity index (χ3n) is 7.50. The molecule has 2 aromatic carbocycles. The van der Waals surface area contributed by atoms with Crippen molar-refractivity contribution in [3.63, 3.8) is 0 Å². The summed E-state index contributed by atoms with van der Waals surface area (Å²) in [4.78, 5) is 29.1. The number of ether oxygens (including phenoxy) is 2. The molecular weight excluding hydrogens is 708 g/mol. The van der Waals surface area contributed by atoms with E-state index in [1.165, 1.54) is 54.6 Å². The minimum absolute atomic E-state index is 0.00343. The summed E-state index contributed by atoms with van der Waals surface area (Å²) in [6.07, 6.45) is -5.12. The first-order valence-electron chi connectivity index (χ1n) is 16.0. The molecule has 4 rings (SSSR count). The monoisotopic (exact) mass is 743 g/mol. The maximum atomic E-state index is 13.1. The highest BCUT2D eigenvalue weighted by Gasteiger charge is 2.28. The second-order valence-electron chi connectivity index (χ2n) is 11.4. The number of hydrogen-bond acceptors (Lipinski definition) is 7. The number of unbranched alkanes of at least 4 members (excludes halogenated alkanes) is 3. The van der Waals surface area contributed by atoms with Gasteiger partial charge in [0.25, 0.3) is 5.91 Å². The molecule has 1 aliphatic heterocycles. The Balaban J connectivity index is 1.61. The number of carboxylic acid groups (broad SMARTS) is 1. The zero-order valence-electron chi connectivity index (χ0n) is 27.3. The SMILES string of the molecule is O=C(NCCOCCOCCCCCCCl)c1ccc(C(=O)O)c(-c2c3cc/c(=N\CC(F)(F)F)cc-3oc3cc(NCC(F)(F)F)ccc23)c1. The lowest BCUT2D eigenvalue weighted by Crippen LogP contribution is -2.27. The second-order valence-corrected chi connectivity index (χ2v) is 11.8. The van der Waals surface area contributed by atoms with Crippen LogP contribution in [0.4, 0.5) is 32.0 Å². The molecule has 1 heterocycles. The number of aromatic carboxylic acids is 1. The van der Waals surface area contributed by atoms with Crippen molar-refractivity contribution >= 4 is 40.1 Å². The van der Waals surface area contributed by atoms with Crippen molar-refractivity contribution in [1.29, 1.82) is 0 Å².